The Balaban J connectivity index is 2.64. The van der Waals surface area contributed by atoms with Gasteiger partial charge in [-0.15, -0.1) is 0 Å². The van der Waals surface area contributed by atoms with E-state index in [-0.39, 0.29) is 0 Å². The van der Waals surface area contributed by atoms with Gasteiger partial charge >= 0.3 is 0 Å². The first-order chi connectivity index (χ1) is 8.49. The van der Waals surface area contributed by atoms with Gasteiger partial charge in [-0.3, -0.25) is 0 Å². The third kappa shape index (κ3) is 4.55. The molecule has 0 saturated carbocycles. The summed E-state index contributed by atoms with van der Waals surface area (Å²) in [6.45, 7) is 4.72. The maximum atomic E-state index is 10.4. The lowest BCUT2D eigenvalue weighted by molar-refractivity contribution is 0.0800. The molecule has 1 rings (SSSR count). The van der Waals surface area contributed by atoms with Gasteiger partial charge in [-0.1, -0.05) is 34.1 Å². The van der Waals surface area contributed by atoms with E-state index in [2.05, 4.69) is 21.2 Å². The summed E-state index contributed by atoms with van der Waals surface area (Å²) in [6.07, 6.45) is 0.280. The zero-order valence-corrected chi connectivity index (χ0v) is 13.1. The summed E-state index contributed by atoms with van der Waals surface area (Å²) >= 11 is 4.31. The molecule has 1 atom stereocenters. The second kappa shape index (κ2) is 7.50. The van der Waals surface area contributed by atoms with Crippen molar-refractivity contribution >= 4 is 28.0 Å². The molecule has 3 nitrogen and oxygen atoms in total. The molecule has 0 spiro atoms. The summed E-state index contributed by atoms with van der Waals surface area (Å²) in [5, 5.41) is 13.8. The highest BCUT2D eigenvalue weighted by atomic mass is 79.9. The standard InChI is InChI=1S/C13H20BrNO2S/c1-13(2,15-8-5-9-18-17)12(16)10-6-3-4-7-11(10)14/h3-4,6-7,12,15-17H,5,8-9H2,1-2H3. The van der Waals surface area contributed by atoms with Crippen molar-refractivity contribution in [2.24, 2.45) is 0 Å². The van der Waals surface area contributed by atoms with Crippen molar-refractivity contribution in [2.45, 2.75) is 31.9 Å². The summed E-state index contributed by atoms with van der Waals surface area (Å²) in [7, 11) is 0. The van der Waals surface area contributed by atoms with E-state index in [1.54, 1.807) is 0 Å². The monoisotopic (exact) mass is 333 g/mol. The Morgan fingerprint density at radius 1 is 1.39 bits per heavy atom. The molecule has 18 heavy (non-hydrogen) atoms. The fourth-order valence-corrected chi connectivity index (χ4v) is 2.50. The zero-order chi connectivity index (χ0) is 13.6. The molecule has 0 aliphatic carbocycles. The van der Waals surface area contributed by atoms with Crippen LogP contribution in [0.3, 0.4) is 0 Å². The topological polar surface area (TPSA) is 52.5 Å². The van der Waals surface area contributed by atoms with Crippen molar-refractivity contribution in [2.75, 3.05) is 12.3 Å². The number of aliphatic hydroxyl groups excluding tert-OH is 1. The molecule has 102 valence electrons. The maximum absolute atomic E-state index is 10.4. The smallest absolute Gasteiger partial charge is 0.0976 e. The molecule has 1 unspecified atom stereocenters. The van der Waals surface area contributed by atoms with Crippen LogP contribution in [0.25, 0.3) is 0 Å². The van der Waals surface area contributed by atoms with Gasteiger partial charge in [-0.25, -0.2) is 0 Å². The molecule has 0 aliphatic heterocycles. The minimum absolute atomic E-state index is 0.413. The van der Waals surface area contributed by atoms with E-state index in [0.29, 0.717) is 5.75 Å². The van der Waals surface area contributed by atoms with Crippen molar-refractivity contribution in [1.29, 1.82) is 0 Å². The van der Waals surface area contributed by atoms with Crippen LogP contribution in [0.4, 0.5) is 0 Å². The Morgan fingerprint density at radius 3 is 2.67 bits per heavy atom. The van der Waals surface area contributed by atoms with Crippen LogP contribution in [0.15, 0.2) is 28.7 Å². The lowest BCUT2D eigenvalue weighted by Gasteiger charge is -2.32. The molecule has 0 bridgehead atoms. The summed E-state index contributed by atoms with van der Waals surface area (Å²) in [4.78, 5) is 0. The minimum Gasteiger partial charge on any atom is -0.386 e. The average molecular weight is 334 g/mol. The van der Waals surface area contributed by atoms with Gasteiger partial charge in [0.15, 0.2) is 0 Å². The third-order valence-corrected chi connectivity index (χ3v) is 4.07. The number of halogens is 1. The van der Waals surface area contributed by atoms with Crippen LogP contribution in [-0.2, 0) is 0 Å². The Labute approximate surface area is 121 Å². The number of benzene rings is 1. The molecule has 3 N–H and O–H groups in total. The van der Waals surface area contributed by atoms with E-state index >= 15 is 0 Å². The molecule has 0 aromatic heterocycles. The second-order valence-electron chi connectivity index (χ2n) is 4.76. The Hall–Kier alpha value is -0.0700. The molecular formula is C13H20BrNO2S. The zero-order valence-electron chi connectivity index (χ0n) is 10.7. The SMILES string of the molecule is CC(C)(NCCCSO)C(O)c1ccccc1Br. The Kier molecular flexibility index (Phi) is 6.66. The molecule has 1 aromatic carbocycles. The summed E-state index contributed by atoms with van der Waals surface area (Å²) < 4.78 is 9.57. The highest BCUT2D eigenvalue weighted by Gasteiger charge is 2.29. The van der Waals surface area contributed by atoms with Gasteiger partial charge in [0.1, 0.15) is 0 Å². The van der Waals surface area contributed by atoms with Crippen LogP contribution in [0.1, 0.15) is 31.9 Å². The number of aliphatic hydroxyl groups is 1. The van der Waals surface area contributed by atoms with Crippen molar-refractivity contribution in [3.8, 4) is 0 Å². The predicted molar refractivity (Wildman–Crippen MR) is 80.9 cm³/mol. The van der Waals surface area contributed by atoms with Crippen LogP contribution in [0, 0.1) is 0 Å². The molecule has 0 heterocycles. The van der Waals surface area contributed by atoms with E-state index < -0.39 is 11.6 Å². The van der Waals surface area contributed by atoms with Gasteiger partial charge < -0.3 is 15.0 Å². The largest absolute Gasteiger partial charge is 0.386 e. The first-order valence-corrected chi connectivity index (χ1v) is 7.66. The van der Waals surface area contributed by atoms with Gasteiger partial charge in [-0.05, 0) is 50.5 Å². The molecule has 0 fully saturated rings. The summed E-state index contributed by atoms with van der Waals surface area (Å²) in [5.41, 5.74) is 0.468. The highest BCUT2D eigenvalue weighted by Crippen LogP contribution is 2.30. The van der Waals surface area contributed by atoms with Gasteiger partial charge in [0, 0.05) is 15.8 Å². The lowest BCUT2D eigenvalue weighted by Crippen LogP contribution is -2.45. The van der Waals surface area contributed by atoms with Crippen LogP contribution >= 0.6 is 28.0 Å². The van der Waals surface area contributed by atoms with Crippen LogP contribution in [0.2, 0.25) is 0 Å². The predicted octanol–water partition coefficient (Wildman–Crippen LogP) is 3.45. The van der Waals surface area contributed by atoms with Crippen molar-refractivity contribution in [3.63, 3.8) is 0 Å². The quantitative estimate of drug-likeness (QED) is 0.528. The molecule has 0 saturated heterocycles. The summed E-state index contributed by atoms with van der Waals surface area (Å²) in [5.74, 6) is 0.703. The molecule has 0 radical (unpaired) electrons. The second-order valence-corrected chi connectivity index (χ2v) is 6.28. The lowest BCUT2D eigenvalue weighted by atomic mass is 9.91. The van der Waals surface area contributed by atoms with E-state index in [1.807, 2.05) is 38.1 Å². The van der Waals surface area contributed by atoms with Crippen LogP contribution in [-0.4, -0.2) is 27.5 Å². The van der Waals surface area contributed by atoms with Gasteiger partial charge in [0.25, 0.3) is 0 Å². The van der Waals surface area contributed by atoms with Crippen LogP contribution < -0.4 is 5.32 Å². The number of rotatable bonds is 7. The van der Waals surface area contributed by atoms with Crippen LogP contribution in [0.5, 0.6) is 0 Å². The van der Waals surface area contributed by atoms with Crippen molar-refractivity contribution in [1.82, 2.24) is 5.32 Å². The summed E-state index contributed by atoms with van der Waals surface area (Å²) in [6, 6.07) is 7.69. The van der Waals surface area contributed by atoms with Gasteiger partial charge in [0.2, 0.25) is 0 Å². The number of hydrogen-bond donors (Lipinski definition) is 3. The van der Waals surface area contributed by atoms with E-state index in [4.69, 9.17) is 4.55 Å². The maximum Gasteiger partial charge on any atom is 0.0976 e. The average Bonchev–Trinajstić information content (AvgIpc) is 2.34. The van der Waals surface area contributed by atoms with Crippen molar-refractivity contribution < 1.29 is 9.66 Å². The van der Waals surface area contributed by atoms with E-state index in [9.17, 15) is 5.11 Å². The van der Waals surface area contributed by atoms with E-state index in [0.717, 1.165) is 35.0 Å². The number of nitrogens with one attached hydrogen (secondary N) is 1. The first-order valence-electron chi connectivity index (χ1n) is 5.93. The van der Waals surface area contributed by atoms with Gasteiger partial charge in [-0.2, -0.15) is 0 Å². The van der Waals surface area contributed by atoms with E-state index in [1.165, 1.54) is 0 Å². The molecule has 0 aliphatic rings. The normalized spacial score (nSPS) is 13.6. The van der Waals surface area contributed by atoms with Gasteiger partial charge in [0.05, 0.1) is 6.10 Å². The first kappa shape index (κ1) is 16.0. The fourth-order valence-electron chi connectivity index (χ4n) is 1.73. The molecule has 0 amide bonds. The third-order valence-electron chi connectivity index (χ3n) is 2.88. The highest BCUT2D eigenvalue weighted by molar-refractivity contribution is 9.10. The van der Waals surface area contributed by atoms with Crippen molar-refractivity contribution in [3.05, 3.63) is 34.3 Å². The number of hydrogen-bond acceptors (Lipinski definition) is 4. The minimum atomic E-state index is -0.588. The molecular weight excluding hydrogens is 314 g/mol. The Bertz CT molecular complexity index is 374. The fraction of sp³-hybridized carbons (Fsp3) is 0.538. The molecule has 5 heteroatoms. The Morgan fingerprint density at radius 2 is 2.06 bits per heavy atom. The molecule has 1 aromatic rings.